The standard InChI is InChI=1S/C51H56O7/c1-49(2,3)35-21-29-19-31-23-36(50(4,5)6)25-33(47(31)55-11)27-57-40-17-18-41(43-42(40)44(52)38-15-13-14-16-39(38)45(43)53)58-28-34-26-37(51(7,8)9)24-32(48(34)56-12)20-30(22-35)46(29)54-10/h13-18,21-26H,19-20,27-28H2,1-12H3. The zero-order valence-corrected chi connectivity index (χ0v) is 36.1. The van der Waals surface area contributed by atoms with Crippen LogP contribution in [0.15, 0.2) is 72.8 Å². The number of carbonyl (C=O) groups is 2. The first kappa shape index (κ1) is 40.6. The van der Waals surface area contributed by atoms with Crippen molar-refractivity contribution in [3.05, 3.63) is 145 Å². The fourth-order valence-electron chi connectivity index (χ4n) is 8.21. The topological polar surface area (TPSA) is 80.3 Å². The molecule has 0 saturated heterocycles. The van der Waals surface area contributed by atoms with Gasteiger partial charge in [0.25, 0.3) is 0 Å². The van der Waals surface area contributed by atoms with E-state index in [0.717, 1.165) is 50.3 Å². The molecule has 0 aromatic heterocycles. The lowest BCUT2D eigenvalue weighted by Gasteiger charge is -2.27. The van der Waals surface area contributed by atoms with Crippen molar-refractivity contribution in [3.8, 4) is 28.7 Å². The minimum atomic E-state index is -0.289. The maximum absolute atomic E-state index is 14.4. The number of carbonyl (C=O) groups excluding carboxylic acids is 2. The number of ether oxygens (including phenoxy) is 5. The fraction of sp³-hybridized carbons (Fsp3) is 0.373. The van der Waals surface area contributed by atoms with E-state index in [1.54, 1.807) is 57.7 Å². The zero-order valence-electron chi connectivity index (χ0n) is 36.1. The lowest BCUT2D eigenvalue weighted by molar-refractivity contribution is 0.0971. The second-order valence-corrected chi connectivity index (χ2v) is 18.7. The number of ketones is 2. The number of methoxy groups -OCH3 is 3. The summed E-state index contributed by atoms with van der Waals surface area (Å²) in [5.41, 5.74) is 9.63. The molecule has 7 heteroatoms. The van der Waals surface area contributed by atoms with Crippen molar-refractivity contribution in [2.45, 2.75) is 105 Å². The molecule has 0 radical (unpaired) electrons. The van der Waals surface area contributed by atoms with Gasteiger partial charge in [-0.3, -0.25) is 9.59 Å². The third-order valence-corrected chi connectivity index (χ3v) is 11.5. The highest BCUT2D eigenvalue weighted by atomic mass is 16.5. The number of hydrogen-bond acceptors (Lipinski definition) is 7. The van der Waals surface area contributed by atoms with E-state index in [4.69, 9.17) is 23.7 Å². The smallest absolute Gasteiger partial charge is 0.198 e. The summed E-state index contributed by atoms with van der Waals surface area (Å²) in [4.78, 5) is 28.8. The van der Waals surface area contributed by atoms with Gasteiger partial charge in [0.1, 0.15) is 42.0 Å². The summed E-state index contributed by atoms with van der Waals surface area (Å²) in [5.74, 6) is 2.23. The van der Waals surface area contributed by atoms with Crippen LogP contribution in [0.2, 0.25) is 0 Å². The first-order valence-corrected chi connectivity index (χ1v) is 20.1. The Morgan fingerprint density at radius 3 is 1.03 bits per heavy atom. The summed E-state index contributed by atoms with van der Waals surface area (Å²) in [5, 5.41) is 0. The van der Waals surface area contributed by atoms with Gasteiger partial charge in [0, 0.05) is 35.1 Å². The number of fused-ring (bicyclic) bond motifs is 4. The summed E-state index contributed by atoms with van der Waals surface area (Å²) >= 11 is 0. The van der Waals surface area contributed by atoms with Gasteiger partial charge < -0.3 is 23.7 Å². The Bertz CT molecular complexity index is 2290. The molecule has 0 saturated carbocycles. The highest BCUT2D eigenvalue weighted by Crippen LogP contribution is 2.43. The summed E-state index contributed by atoms with van der Waals surface area (Å²) in [6.45, 7) is 20.0. The number of benzene rings is 5. The van der Waals surface area contributed by atoms with Crippen molar-refractivity contribution in [1.82, 2.24) is 0 Å². The Morgan fingerprint density at radius 1 is 0.448 bits per heavy atom. The monoisotopic (exact) mass is 780 g/mol. The highest BCUT2D eigenvalue weighted by Gasteiger charge is 2.36. The third-order valence-electron chi connectivity index (χ3n) is 11.5. The Hall–Kier alpha value is -5.56. The maximum atomic E-state index is 14.4. The molecule has 7 nitrogen and oxygen atoms in total. The molecule has 2 heterocycles. The molecule has 0 N–H and O–H groups in total. The number of rotatable bonds is 3. The van der Waals surface area contributed by atoms with Gasteiger partial charge in [-0.1, -0.05) is 111 Å². The lowest BCUT2D eigenvalue weighted by atomic mass is 9.81. The minimum Gasteiger partial charge on any atom is -0.496 e. The minimum absolute atomic E-state index is 0.0961. The summed E-state index contributed by atoms with van der Waals surface area (Å²) in [6.07, 6.45) is 1.07. The van der Waals surface area contributed by atoms with E-state index in [1.807, 2.05) is 0 Å². The Kier molecular flexibility index (Phi) is 10.5. The molecule has 0 fully saturated rings. The Morgan fingerprint density at radius 2 is 0.741 bits per heavy atom. The fourth-order valence-corrected chi connectivity index (χ4v) is 8.21. The first-order valence-electron chi connectivity index (χ1n) is 20.1. The van der Waals surface area contributed by atoms with Crippen LogP contribution in [0, 0.1) is 0 Å². The van der Waals surface area contributed by atoms with Crippen LogP contribution in [0.1, 0.15) is 144 Å². The van der Waals surface area contributed by atoms with Crippen LogP contribution in [0.5, 0.6) is 28.7 Å². The van der Waals surface area contributed by atoms with Crippen molar-refractivity contribution >= 4 is 11.6 Å². The van der Waals surface area contributed by atoms with Gasteiger partial charge in [-0.05, 0) is 79.5 Å². The van der Waals surface area contributed by atoms with E-state index in [1.165, 1.54) is 5.56 Å². The van der Waals surface area contributed by atoms with Crippen molar-refractivity contribution in [2.75, 3.05) is 21.3 Å². The Balaban J connectivity index is 1.54. The van der Waals surface area contributed by atoms with E-state index in [9.17, 15) is 9.59 Å². The van der Waals surface area contributed by atoms with Crippen LogP contribution in [0.4, 0.5) is 0 Å². The molecule has 0 spiro atoms. The Labute approximate surface area is 343 Å². The molecule has 8 bridgehead atoms. The normalized spacial score (nSPS) is 14.3. The van der Waals surface area contributed by atoms with E-state index in [0.29, 0.717) is 47.0 Å². The molecule has 0 unspecified atom stereocenters. The largest absolute Gasteiger partial charge is 0.496 e. The molecule has 1 aliphatic carbocycles. The van der Waals surface area contributed by atoms with E-state index in [-0.39, 0.29) is 52.2 Å². The van der Waals surface area contributed by atoms with Crippen molar-refractivity contribution in [1.29, 1.82) is 0 Å². The average Bonchev–Trinajstić information content (AvgIpc) is 3.16. The van der Waals surface area contributed by atoms with Crippen LogP contribution >= 0.6 is 0 Å². The first-order chi connectivity index (χ1) is 27.3. The average molecular weight is 781 g/mol. The van der Waals surface area contributed by atoms with E-state index >= 15 is 0 Å². The van der Waals surface area contributed by atoms with Crippen LogP contribution in [-0.2, 0) is 42.3 Å². The second kappa shape index (κ2) is 15.0. The maximum Gasteiger partial charge on any atom is 0.198 e. The molecular weight excluding hydrogens is 725 g/mol. The van der Waals surface area contributed by atoms with Crippen LogP contribution in [0.25, 0.3) is 0 Å². The van der Waals surface area contributed by atoms with Crippen molar-refractivity contribution in [2.24, 2.45) is 0 Å². The highest BCUT2D eigenvalue weighted by molar-refractivity contribution is 6.30. The van der Waals surface area contributed by atoms with Gasteiger partial charge in [0.2, 0.25) is 0 Å². The molecule has 302 valence electrons. The van der Waals surface area contributed by atoms with Gasteiger partial charge in [0.15, 0.2) is 11.6 Å². The van der Waals surface area contributed by atoms with E-state index in [2.05, 4.69) is 98.7 Å². The molecule has 5 aromatic carbocycles. The summed E-state index contributed by atoms with van der Waals surface area (Å²) in [7, 11) is 5.11. The molecule has 58 heavy (non-hydrogen) atoms. The quantitative estimate of drug-likeness (QED) is 0.177. The predicted octanol–water partition coefficient (Wildman–Crippen LogP) is 11.0. The van der Waals surface area contributed by atoms with Gasteiger partial charge in [-0.25, -0.2) is 0 Å². The van der Waals surface area contributed by atoms with Gasteiger partial charge in [-0.15, -0.1) is 0 Å². The SMILES string of the molecule is COc1c2cc(C(C)(C)C)cc1Cc1cc(C(C)(C)C)cc(c1OC)Cc1cc(C(C)(C)C)cc(c1OC)COc1ccc(c3c1C(=O)c1ccccc1C3=O)OC2. The molecule has 8 rings (SSSR count). The molecule has 0 atom stereocenters. The molecular formula is C51H56O7. The second-order valence-electron chi connectivity index (χ2n) is 18.7. The molecule has 0 amide bonds. The van der Waals surface area contributed by atoms with Crippen LogP contribution in [0.3, 0.4) is 0 Å². The molecule has 5 aromatic rings. The predicted molar refractivity (Wildman–Crippen MR) is 229 cm³/mol. The lowest BCUT2D eigenvalue weighted by Crippen LogP contribution is -2.23. The zero-order chi connectivity index (χ0) is 41.9. The third kappa shape index (κ3) is 7.47. The summed E-state index contributed by atoms with van der Waals surface area (Å²) in [6, 6.07) is 23.6. The van der Waals surface area contributed by atoms with Crippen molar-refractivity contribution in [3.63, 3.8) is 0 Å². The van der Waals surface area contributed by atoms with Gasteiger partial charge >= 0.3 is 0 Å². The van der Waals surface area contributed by atoms with Crippen molar-refractivity contribution < 1.29 is 33.3 Å². The van der Waals surface area contributed by atoms with E-state index < -0.39 is 0 Å². The van der Waals surface area contributed by atoms with Gasteiger partial charge in [-0.2, -0.15) is 0 Å². The molecule has 3 aliphatic rings. The molecule has 2 aliphatic heterocycles. The van der Waals surface area contributed by atoms with Crippen LogP contribution < -0.4 is 23.7 Å². The number of hydrogen-bond donors (Lipinski definition) is 0. The van der Waals surface area contributed by atoms with Gasteiger partial charge in [0.05, 0.1) is 32.5 Å². The van der Waals surface area contributed by atoms with Crippen LogP contribution in [-0.4, -0.2) is 32.9 Å². The summed E-state index contributed by atoms with van der Waals surface area (Å²) < 4.78 is 32.1.